The second-order valence-electron chi connectivity index (χ2n) is 4.79. The third kappa shape index (κ3) is 2.97. The lowest BCUT2D eigenvalue weighted by molar-refractivity contribution is 0.612. The summed E-state index contributed by atoms with van der Waals surface area (Å²) in [4.78, 5) is 12.5. The fourth-order valence-electron chi connectivity index (χ4n) is 2.17. The van der Waals surface area contributed by atoms with Gasteiger partial charge >= 0.3 is 0 Å². The molecule has 0 aliphatic carbocycles. The van der Waals surface area contributed by atoms with Gasteiger partial charge in [-0.15, -0.1) is 11.3 Å². The van der Waals surface area contributed by atoms with Gasteiger partial charge in [-0.1, -0.05) is 13.3 Å². The van der Waals surface area contributed by atoms with Crippen molar-refractivity contribution in [3.63, 3.8) is 0 Å². The topological polar surface area (TPSA) is 41.1 Å². The maximum absolute atomic E-state index is 4.68. The quantitative estimate of drug-likeness (QED) is 0.873. The Morgan fingerprint density at radius 3 is 2.84 bits per heavy atom. The van der Waals surface area contributed by atoms with E-state index in [-0.39, 0.29) is 0 Å². The molecule has 0 aliphatic heterocycles. The van der Waals surface area contributed by atoms with Gasteiger partial charge in [0.25, 0.3) is 0 Å². The lowest BCUT2D eigenvalue weighted by Crippen LogP contribution is -2.29. The van der Waals surface area contributed by atoms with Gasteiger partial charge in [-0.3, -0.25) is 0 Å². The van der Waals surface area contributed by atoms with Gasteiger partial charge in [0.2, 0.25) is 5.95 Å². The minimum absolute atomic E-state index is 0.484. The van der Waals surface area contributed by atoms with Gasteiger partial charge in [0, 0.05) is 19.6 Å². The molecule has 0 aliphatic rings. The molecule has 0 amide bonds. The van der Waals surface area contributed by atoms with E-state index in [0.29, 0.717) is 6.04 Å². The second kappa shape index (κ2) is 6.19. The summed E-state index contributed by atoms with van der Waals surface area (Å²) in [5.74, 6) is 1.76. The predicted molar refractivity (Wildman–Crippen MR) is 84.4 cm³/mol. The van der Waals surface area contributed by atoms with E-state index >= 15 is 0 Å². The molecule has 2 rings (SSSR count). The largest absolute Gasteiger partial charge is 0.356 e. The number of aromatic nitrogens is 2. The van der Waals surface area contributed by atoms with Crippen LogP contribution in [0.2, 0.25) is 0 Å². The Kier molecular flexibility index (Phi) is 4.58. The molecule has 5 heteroatoms. The molecule has 0 bridgehead atoms. The summed E-state index contributed by atoms with van der Waals surface area (Å²) in [7, 11) is 2.12. The van der Waals surface area contributed by atoms with Crippen LogP contribution in [-0.2, 0) is 0 Å². The van der Waals surface area contributed by atoms with Crippen molar-refractivity contribution in [2.24, 2.45) is 0 Å². The number of hydrogen-bond acceptors (Lipinski definition) is 5. The zero-order valence-electron chi connectivity index (χ0n) is 12.1. The minimum Gasteiger partial charge on any atom is -0.356 e. The maximum Gasteiger partial charge on any atom is 0.226 e. The summed E-state index contributed by atoms with van der Waals surface area (Å²) in [6, 6.07) is 2.60. The fraction of sp³-hybridized carbons (Fsp3) is 0.571. The molecule has 0 saturated carbocycles. The van der Waals surface area contributed by atoms with Crippen molar-refractivity contribution in [1.82, 2.24) is 9.97 Å². The molecule has 0 spiro atoms. The van der Waals surface area contributed by atoms with Crippen LogP contribution in [-0.4, -0.2) is 29.6 Å². The van der Waals surface area contributed by atoms with E-state index < -0.39 is 0 Å². The molecule has 0 radical (unpaired) electrons. The SMILES string of the molecule is CCCC(C)N(C)c1nc(NCC)nc2sccc12. The summed E-state index contributed by atoms with van der Waals surface area (Å²) in [5, 5.41) is 6.44. The molecule has 1 atom stereocenters. The summed E-state index contributed by atoms with van der Waals surface area (Å²) in [6.07, 6.45) is 2.35. The summed E-state index contributed by atoms with van der Waals surface area (Å²) in [5.41, 5.74) is 0. The van der Waals surface area contributed by atoms with Crippen LogP contribution in [0, 0.1) is 0 Å². The van der Waals surface area contributed by atoms with Crippen LogP contribution in [0.5, 0.6) is 0 Å². The van der Waals surface area contributed by atoms with Crippen LogP contribution in [0.1, 0.15) is 33.6 Å². The fourth-order valence-corrected chi connectivity index (χ4v) is 2.92. The van der Waals surface area contributed by atoms with Crippen molar-refractivity contribution in [3.05, 3.63) is 11.4 Å². The number of fused-ring (bicyclic) bond motifs is 1. The van der Waals surface area contributed by atoms with Crippen LogP contribution in [0.3, 0.4) is 0 Å². The Morgan fingerprint density at radius 1 is 1.37 bits per heavy atom. The number of hydrogen-bond donors (Lipinski definition) is 1. The van der Waals surface area contributed by atoms with E-state index in [9.17, 15) is 0 Å². The number of thiophene rings is 1. The standard InChI is InChI=1S/C14H22N4S/c1-5-7-10(3)18(4)12-11-8-9-19-13(11)17-14(16-12)15-6-2/h8-10H,5-7H2,1-4H3,(H,15,16,17). The first-order chi connectivity index (χ1) is 9.17. The average molecular weight is 278 g/mol. The highest BCUT2D eigenvalue weighted by Gasteiger charge is 2.16. The molecule has 2 aromatic rings. The monoisotopic (exact) mass is 278 g/mol. The van der Waals surface area contributed by atoms with E-state index in [2.05, 4.69) is 59.4 Å². The van der Waals surface area contributed by atoms with Crippen LogP contribution >= 0.6 is 11.3 Å². The molecule has 19 heavy (non-hydrogen) atoms. The molecule has 2 heterocycles. The molecule has 0 fully saturated rings. The first kappa shape index (κ1) is 14.1. The first-order valence-corrected chi connectivity index (χ1v) is 7.77. The highest BCUT2D eigenvalue weighted by atomic mass is 32.1. The molecule has 4 nitrogen and oxygen atoms in total. The third-order valence-corrected chi connectivity index (χ3v) is 4.15. The highest BCUT2D eigenvalue weighted by molar-refractivity contribution is 7.16. The Bertz CT molecular complexity index is 537. The lowest BCUT2D eigenvalue weighted by atomic mass is 10.1. The summed E-state index contributed by atoms with van der Waals surface area (Å²) < 4.78 is 0. The van der Waals surface area contributed by atoms with Crippen LogP contribution in [0.15, 0.2) is 11.4 Å². The van der Waals surface area contributed by atoms with Crippen molar-refractivity contribution in [2.45, 2.75) is 39.7 Å². The van der Waals surface area contributed by atoms with Crippen molar-refractivity contribution in [3.8, 4) is 0 Å². The lowest BCUT2D eigenvalue weighted by Gasteiger charge is -2.26. The zero-order valence-corrected chi connectivity index (χ0v) is 12.9. The van der Waals surface area contributed by atoms with E-state index in [1.54, 1.807) is 11.3 Å². The highest BCUT2D eigenvalue weighted by Crippen LogP contribution is 2.29. The van der Waals surface area contributed by atoms with Gasteiger partial charge < -0.3 is 10.2 Å². The molecular formula is C14H22N4S. The molecule has 2 aromatic heterocycles. The van der Waals surface area contributed by atoms with Crippen LogP contribution in [0.25, 0.3) is 10.2 Å². The first-order valence-electron chi connectivity index (χ1n) is 6.89. The van der Waals surface area contributed by atoms with Gasteiger partial charge in [0.15, 0.2) is 0 Å². The van der Waals surface area contributed by atoms with Crippen molar-refractivity contribution in [1.29, 1.82) is 0 Å². The van der Waals surface area contributed by atoms with Gasteiger partial charge in [0.05, 0.1) is 5.39 Å². The van der Waals surface area contributed by atoms with Crippen LogP contribution < -0.4 is 10.2 Å². The summed E-state index contributed by atoms with van der Waals surface area (Å²) in [6.45, 7) is 7.36. The van der Waals surface area contributed by atoms with Gasteiger partial charge in [-0.25, -0.2) is 4.98 Å². The Morgan fingerprint density at radius 2 is 2.16 bits per heavy atom. The Balaban J connectivity index is 2.41. The van der Waals surface area contributed by atoms with Gasteiger partial charge in [0.1, 0.15) is 10.6 Å². The molecule has 0 aromatic carbocycles. The smallest absolute Gasteiger partial charge is 0.226 e. The van der Waals surface area contributed by atoms with Crippen molar-refractivity contribution >= 4 is 33.3 Å². The van der Waals surface area contributed by atoms with E-state index in [1.807, 2.05) is 0 Å². The number of nitrogens with one attached hydrogen (secondary N) is 1. The molecule has 1 unspecified atom stereocenters. The summed E-state index contributed by atoms with van der Waals surface area (Å²) >= 11 is 1.67. The predicted octanol–water partition coefficient (Wildman–Crippen LogP) is 3.75. The van der Waals surface area contributed by atoms with Gasteiger partial charge in [-0.05, 0) is 31.7 Å². The van der Waals surface area contributed by atoms with Gasteiger partial charge in [-0.2, -0.15) is 4.98 Å². The Labute approximate surface area is 118 Å². The zero-order chi connectivity index (χ0) is 13.8. The molecule has 0 saturated heterocycles. The van der Waals surface area contributed by atoms with Crippen molar-refractivity contribution < 1.29 is 0 Å². The normalized spacial score (nSPS) is 12.6. The molecule has 1 N–H and O–H groups in total. The van der Waals surface area contributed by atoms with E-state index in [0.717, 1.165) is 28.5 Å². The maximum atomic E-state index is 4.68. The van der Waals surface area contributed by atoms with Crippen LogP contribution in [0.4, 0.5) is 11.8 Å². The average Bonchev–Trinajstić information content (AvgIpc) is 2.85. The number of nitrogens with zero attached hydrogens (tertiary/aromatic N) is 3. The van der Waals surface area contributed by atoms with Crippen molar-refractivity contribution in [2.75, 3.05) is 23.8 Å². The Hall–Kier alpha value is -1.36. The number of rotatable bonds is 6. The number of anilines is 2. The second-order valence-corrected chi connectivity index (χ2v) is 5.68. The van der Waals surface area contributed by atoms with E-state index in [1.165, 1.54) is 12.8 Å². The molecule has 104 valence electrons. The third-order valence-electron chi connectivity index (χ3n) is 3.34. The molecular weight excluding hydrogens is 256 g/mol. The minimum atomic E-state index is 0.484. The van der Waals surface area contributed by atoms with E-state index in [4.69, 9.17) is 0 Å².